The van der Waals surface area contributed by atoms with Gasteiger partial charge in [0.25, 0.3) is 10.5 Å². The van der Waals surface area contributed by atoms with Gasteiger partial charge in [0.05, 0.1) is 13.2 Å². The molecule has 6 heteroatoms. The van der Waals surface area contributed by atoms with Crippen molar-refractivity contribution in [1.82, 2.24) is 0 Å². The summed E-state index contributed by atoms with van der Waals surface area (Å²) in [5.41, 5.74) is 0.386. The molecule has 0 bridgehead atoms. The summed E-state index contributed by atoms with van der Waals surface area (Å²) in [4.78, 5) is 21.1. The lowest BCUT2D eigenvalue weighted by Crippen LogP contribution is -2.20. The molecule has 1 aromatic rings. The van der Waals surface area contributed by atoms with E-state index in [1.165, 1.54) is 24.3 Å². The Morgan fingerprint density at radius 1 is 0.947 bits per heavy atom. The second-order valence-corrected chi connectivity index (χ2v) is 5.29. The molecule has 0 heterocycles. The van der Waals surface area contributed by atoms with Gasteiger partial charge in [-0.25, -0.2) is 0 Å². The maximum atomic E-state index is 10.6. The highest BCUT2D eigenvalue weighted by atomic mass is 35.5. The van der Waals surface area contributed by atoms with E-state index in [0.29, 0.717) is 11.1 Å². The third-order valence-electron chi connectivity index (χ3n) is 2.19. The fourth-order valence-corrected chi connectivity index (χ4v) is 1.03. The molecule has 0 saturated heterocycles. The SMILES string of the molecule is CC(C)(CO)CO.O=C(Cl)c1ccc(C(=O)Cl)cc1. The molecule has 0 radical (unpaired) electrons. The van der Waals surface area contributed by atoms with Gasteiger partial charge in [0, 0.05) is 16.5 Å². The van der Waals surface area contributed by atoms with Crippen LogP contribution in [0.25, 0.3) is 0 Å². The second kappa shape index (κ2) is 8.27. The molecule has 19 heavy (non-hydrogen) atoms. The van der Waals surface area contributed by atoms with Gasteiger partial charge in [-0.1, -0.05) is 13.8 Å². The topological polar surface area (TPSA) is 74.6 Å². The summed E-state index contributed by atoms with van der Waals surface area (Å²) in [7, 11) is 0. The van der Waals surface area contributed by atoms with Crippen molar-refractivity contribution in [3.8, 4) is 0 Å². The zero-order valence-electron chi connectivity index (χ0n) is 10.7. The van der Waals surface area contributed by atoms with Gasteiger partial charge in [0.15, 0.2) is 0 Å². The summed E-state index contributed by atoms with van der Waals surface area (Å²) in [6, 6.07) is 5.80. The van der Waals surface area contributed by atoms with Crippen LogP contribution in [0, 0.1) is 5.41 Å². The van der Waals surface area contributed by atoms with E-state index in [0.717, 1.165) is 0 Å². The standard InChI is InChI=1S/C8H4Cl2O2.C5H12O2/c9-7(11)5-1-2-6(4-3-5)8(10)12;1-5(2,3-6)4-7/h1-4H;6-7H,3-4H2,1-2H3. The van der Waals surface area contributed by atoms with Crippen LogP contribution in [-0.2, 0) is 0 Å². The molecule has 0 aliphatic heterocycles. The normalized spacial score (nSPS) is 10.4. The van der Waals surface area contributed by atoms with Crippen LogP contribution in [0.4, 0.5) is 0 Å². The lowest BCUT2D eigenvalue weighted by Gasteiger charge is -2.16. The number of aliphatic hydroxyl groups is 2. The van der Waals surface area contributed by atoms with Crippen molar-refractivity contribution in [2.24, 2.45) is 5.41 Å². The first-order valence-electron chi connectivity index (χ1n) is 5.45. The predicted molar refractivity (Wildman–Crippen MR) is 74.8 cm³/mol. The molecule has 1 aromatic carbocycles. The number of carbonyl (C=O) groups excluding carboxylic acids is 2. The average molecular weight is 307 g/mol. The van der Waals surface area contributed by atoms with Gasteiger partial charge in [-0.2, -0.15) is 0 Å². The van der Waals surface area contributed by atoms with E-state index in [4.69, 9.17) is 33.4 Å². The highest BCUT2D eigenvalue weighted by Gasteiger charge is 2.13. The molecule has 0 aromatic heterocycles. The molecule has 0 fully saturated rings. The maximum absolute atomic E-state index is 10.6. The molecular weight excluding hydrogens is 291 g/mol. The molecule has 0 atom stereocenters. The largest absolute Gasteiger partial charge is 0.396 e. The number of halogens is 2. The Kier molecular flexibility index (Phi) is 7.87. The number of hydrogen-bond donors (Lipinski definition) is 2. The van der Waals surface area contributed by atoms with Crippen molar-refractivity contribution < 1.29 is 19.8 Å². The van der Waals surface area contributed by atoms with E-state index in [1.54, 1.807) is 13.8 Å². The maximum Gasteiger partial charge on any atom is 0.252 e. The number of aliphatic hydroxyl groups excluding tert-OH is 2. The Balaban J connectivity index is 0.000000399. The van der Waals surface area contributed by atoms with E-state index in [2.05, 4.69) is 0 Å². The van der Waals surface area contributed by atoms with Gasteiger partial charge in [0.2, 0.25) is 0 Å². The average Bonchev–Trinajstić information content (AvgIpc) is 2.39. The summed E-state index contributed by atoms with van der Waals surface area (Å²) < 4.78 is 0. The minimum Gasteiger partial charge on any atom is -0.396 e. The molecule has 0 saturated carbocycles. The zero-order chi connectivity index (χ0) is 15.1. The van der Waals surface area contributed by atoms with E-state index >= 15 is 0 Å². The monoisotopic (exact) mass is 306 g/mol. The second-order valence-electron chi connectivity index (χ2n) is 4.61. The van der Waals surface area contributed by atoms with E-state index in [9.17, 15) is 9.59 Å². The molecule has 4 nitrogen and oxygen atoms in total. The summed E-state index contributed by atoms with van der Waals surface area (Å²) in [5, 5.41) is 15.8. The van der Waals surface area contributed by atoms with Crippen molar-refractivity contribution in [2.75, 3.05) is 13.2 Å². The minimum absolute atomic E-state index is 0.0451. The summed E-state index contributed by atoms with van der Waals surface area (Å²) in [6.45, 7) is 3.69. The molecule has 0 aliphatic rings. The Bertz CT molecular complexity index is 388. The minimum atomic E-state index is -0.552. The fourth-order valence-electron chi connectivity index (χ4n) is 0.782. The van der Waals surface area contributed by atoms with Crippen molar-refractivity contribution >= 4 is 33.7 Å². The predicted octanol–water partition coefficient (Wildman–Crippen LogP) is 2.44. The molecule has 2 N–H and O–H groups in total. The summed E-state index contributed by atoms with van der Waals surface area (Å²) >= 11 is 10.4. The quantitative estimate of drug-likeness (QED) is 0.838. The lowest BCUT2D eigenvalue weighted by molar-refractivity contribution is 0.0857. The van der Waals surface area contributed by atoms with Crippen molar-refractivity contribution in [2.45, 2.75) is 13.8 Å². The van der Waals surface area contributed by atoms with Crippen LogP contribution in [-0.4, -0.2) is 33.9 Å². The van der Waals surface area contributed by atoms with Gasteiger partial charge < -0.3 is 10.2 Å². The van der Waals surface area contributed by atoms with Crippen LogP contribution in [0.3, 0.4) is 0 Å². The van der Waals surface area contributed by atoms with E-state index in [1.807, 2.05) is 0 Å². The van der Waals surface area contributed by atoms with Crippen molar-refractivity contribution in [3.63, 3.8) is 0 Å². The molecule has 0 spiro atoms. The fraction of sp³-hybridized carbons (Fsp3) is 0.385. The lowest BCUT2D eigenvalue weighted by atomic mass is 9.97. The Labute approximate surface area is 122 Å². The van der Waals surface area contributed by atoms with E-state index < -0.39 is 10.5 Å². The van der Waals surface area contributed by atoms with Gasteiger partial charge in [0.1, 0.15) is 0 Å². The molecule has 0 amide bonds. The van der Waals surface area contributed by atoms with Crippen LogP contribution in [0.1, 0.15) is 34.6 Å². The first-order chi connectivity index (χ1) is 8.73. The van der Waals surface area contributed by atoms with Crippen LogP contribution < -0.4 is 0 Å². The van der Waals surface area contributed by atoms with Crippen LogP contribution in [0.15, 0.2) is 24.3 Å². The number of hydrogen-bond acceptors (Lipinski definition) is 4. The Morgan fingerprint density at radius 2 is 1.21 bits per heavy atom. The number of carbonyl (C=O) groups is 2. The Hall–Kier alpha value is -0.940. The van der Waals surface area contributed by atoms with Gasteiger partial charge in [-0.3, -0.25) is 9.59 Å². The molecular formula is C13H16Cl2O4. The smallest absolute Gasteiger partial charge is 0.252 e. The number of rotatable bonds is 4. The highest BCUT2D eigenvalue weighted by molar-refractivity contribution is 6.68. The molecule has 1 rings (SSSR count). The third kappa shape index (κ3) is 7.28. The van der Waals surface area contributed by atoms with Crippen molar-refractivity contribution in [3.05, 3.63) is 35.4 Å². The summed E-state index contributed by atoms with van der Waals surface area (Å²) in [5.74, 6) is 0. The summed E-state index contributed by atoms with van der Waals surface area (Å²) in [6.07, 6.45) is 0. The van der Waals surface area contributed by atoms with Gasteiger partial charge >= 0.3 is 0 Å². The molecule has 0 aliphatic carbocycles. The Morgan fingerprint density at radius 3 is 1.32 bits per heavy atom. The van der Waals surface area contributed by atoms with Crippen LogP contribution in [0.5, 0.6) is 0 Å². The van der Waals surface area contributed by atoms with Crippen LogP contribution in [0.2, 0.25) is 0 Å². The van der Waals surface area contributed by atoms with Crippen molar-refractivity contribution in [1.29, 1.82) is 0 Å². The van der Waals surface area contributed by atoms with Gasteiger partial charge in [-0.15, -0.1) is 0 Å². The zero-order valence-corrected chi connectivity index (χ0v) is 12.2. The highest BCUT2D eigenvalue weighted by Crippen LogP contribution is 2.10. The number of benzene rings is 1. The molecule has 0 unspecified atom stereocenters. The van der Waals surface area contributed by atoms with Gasteiger partial charge in [-0.05, 0) is 47.5 Å². The molecule has 106 valence electrons. The van der Waals surface area contributed by atoms with Crippen LogP contribution >= 0.6 is 23.2 Å². The first kappa shape index (κ1) is 18.1. The third-order valence-corrected chi connectivity index (χ3v) is 2.63. The van der Waals surface area contributed by atoms with E-state index in [-0.39, 0.29) is 18.6 Å². The first-order valence-corrected chi connectivity index (χ1v) is 6.20.